The second kappa shape index (κ2) is 11.0. The Morgan fingerprint density at radius 2 is 1.97 bits per heavy atom. The van der Waals surface area contributed by atoms with Crippen molar-refractivity contribution in [2.24, 2.45) is 0 Å². The third-order valence-electron chi connectivity index (χ3n) is 4.22. The molecule has 0 aromatic heterocycles. The van der Waals surface area contributed by atoms with Crippen LogP contribution in [0.1, 0.15) is 17.5 Å². The number of methoxy groups -OCH3 is 1. The van der Waals surface area contributed by atoms with E-state index < -0.39 is 0 Å². The van der Waals surface area contributed by atoms with E-state index in [1.54, 1.807) is 19.3 Å². The highest BCUT2D eigenvalue weighted by atomic mass is 127. The van der Waals surface area contributed by atoms with Crippen molar-refractivity contribution in [3.63, 3.8) is 0 Å². The molecule has 9 heteroatoms. The van der Waals surface area contributed by atoms with Crippen molar-refractivity contribution in [1.29, 1.82) is 0 Å². The molecule has 1 fully saturated rings. The van der Waals surface area contributed by atoms with Gasteiger partial charge in [0.2, 0.25) is 0 Å². The van der Waals surface area contributed by atoms with Crippen molar-refractivity contribution in [2.75, 3.05) is 20.3 Å². The molecule has 0 atom stereocenters. The number of hydrogen-bond donors (Lipinski definition) is 0. The topological polar surface area (TPSA) is 55.8 Å². The van der Waals surface area contributed by atoms with Gasteiger partial charge in [-0.25, -0.2) is 0 Å². The highest BCUT2D eigenvalue weighted by Crippen LogP contribution is 2.38. The van der Waals surface area contributed by atoms with Crippen LogP contribution in [0.25, 0.3) is 6.08 Å². The lowest BCUT2D eigenvalue weighted by molar-refractivity contribution is -0.122. The highest BCUT2D eigenvalue weighted by molar-refractivity contribution is 14.1. The van der Waals surface area contributed by atoms with E-state index in [0.29, 0.717) is 51.9 Å². The summed E-state index contributed by atoms with van der Waals surface area (Å²) in [5, 5.41) is 0.144. The van der Waals surface area contributed by atoms with Crippen LogP contribution in [-0.2, 0) is 16.1 Å². The van der Waals surface area contributed by atoms with Crippen LogP contribution in [0.2, 0.25) is 5.02 Å². The fourth-order valence-corrected chi connectivity index (χ4v) is 4.96. The van der Waals surface area contributed by atoms with Gasteiger partial charge in [-0.05, 0) is 98.2 Å². The van der Waals surface area contributed by atoms with Gasteiger partial charge in [-0.2, -0.15) is 0 Å². The average Bonchev–Trinajstić information content (AvgIpc) is 2.96. The third kappa shape index (κ3) is 6.00. The van der Waals surface area contributed by atoms with E-state index in [2.05, 4.69) is 38.5 Å². The lowest BCUT2D eigenvalue weighted by atomic mass is 10.2. The molecule has 1 saturated heterocycles. The third-order valence-corrected chi connectivity index (χ3v) is 6.71. The molecule has 0 bridgehead atoms. The number of thioether (sulfide) groups is 1. The fraction of sp³-hybridized carbons (Fsp3) is 0.238. The van der Waals surface area contributed by atoms with Gasteiger partial charge in [0, 0.05) is 23.8 Å². The second-order valence-electron chi connectivity index (χ2n) is 6.41. The lowest BCUT2D eigenvalue weighted by Crippen LogP contribution is -2.29. The van der Waals surface area contributed by atoms with Crippen molar-refractivity contribution < 1.29 is 19.1 Å². The molecule has 1 heterocycles. The molecular formula is C21H18BrClINO4S. The number of imide groups is 1. The predicted octanol–water partition coefficient (Wildman–Crippen LogP) is 6.36. The minimum atomic E-state index is -0.299. The zero-order valence-electron chi connectivity index (χ0n) is 16.0. The summed E-state index contributed by atoms with van der Waals surface area (Å²) in [7, 11) is 1.59. The maximum absolute atomic E-state index is 12.5. The minimum absolute atomic E-state index is 0.273. The van der Waals surface area contributed by atoms with Gasteiger partial charge in [0.25, 0.3) is 11.1 Å². The summed E-state index contributed by atoms with van der Waals surface area (Å²) in [5.74, 6) is 0.229. The normalized spacial score (nSPS) is 15.3. The number of rotatable bonds is 8. The Bertz CT molecular complexity index is 960. The van der Waals surface area contributed by atoms with E-state index in [4.69, 9.17) is 21.1 Å². The fourth-order valence-electron chi connectivity index (χ4n) is 2.75. The van der Waals surface area contributed by atoms with Gasteiger partial charge in [0.1, 0.15) is 6.61 Å². The Kier molecular flexibility index (Phi) is 8.64. The SMILES string of the molecule is COCCCN1C(=O)S/C(=C/c2cc(Cl)c(OCc3ccc(I)cc3)c(Br)c2)C1=O. The maximum atomic E-state index is 12.5. The van der Waals surface area contributed by atoms with Gasteiger partial charge in [-0.3, -0.25) is 14.5 Å². The van der Waals surface area contributed by atoms with Gasteiger partial charge in [-0.15, -0.1) is 0 Å². The van der Waals surface area contributed by atoms with Crippen molar-refractivity contribution >= 4 is 79.1 Å². The largest absolute Gasteiger partial charge is 0.486 e. The van der Waals surface area contributed by atoms with Crippen molar-refractivity contribution in [3.05, 3.63) is 65.5 Å². The Balaban J connectivity index is 1.72. The molecule has 2 aromatic carbocycles. The zero-order valence-corrected chi connectivity index (χ0v) is 21.3. The first-order chi connectivity index (χ1) is 14.4. The van der Waals surface area contributed by atoms with Crippen LogP contribution in [0.4, 0.5) is 4.79 Å². The monoisotopic (exact) mass is 621 g/mol. The molecule has 2 aromatic rings. The smallest absolute Gasteiger partial charge is 0.293 e. The second-order valence-corrected chi connectivity index (χ2v) is 9.91. The van der Waals surface area contributed by atoms with Gasteiger partial charge in [0.05, 0.1) is 14.4 Å². The van der Waals surface area contributed by atoms with Gasteiger partial charge in [0.15, 0.2) is 5.75 Å². The molecule has 0 saturated carbocycles. The summed E-state index contributed by atoms with van der Waals surface area (Å²) < 4.78 is 12.7. The predicted molar refractivity (Wildman–Crippen MR) is 132 cm³/mol. The molecule has 3 rings (SSSR count). The molecule has 1 aliphatic heterocycles. The molecule has 2 amide bonds. The van der Waals surface area contributed by atoms with E-state index in [0.717, 1.165) is 20.9 Å². The molecule has 0 radical (unpaired) electrons. The molecule has 0 spiro atoms. The number of ether oxygens (including phenoxy) is 2. The molecular weight excluding hydrogens is 605 g/mol. The van der Waals surface area contributed by atoms with Crippen LogP contribution in [-0.4, -0.2) is 36.3 Å². The number of carbonyl (C=O) groups is 2. The first kappa shape index (κ1) is 23.6. The van der Waals surface area contributed by atoms with E-state index >= 15 is 0 Å². The van der Waals surface area contributed by atoms with Crippen molar-refractivity contribution in [1.82, 2.24) is 4.90 Å². The van der Waals surface area contributed by atoms with Gasteiger partial charge >= 0.3 is 0 Å². The molecule has 0 N–H and O–H groups in total. The summed E-state index contributed by atoms with van der Waals surface area (Å²) in [6, 6.07) is 11.6. The number of halogens is 3. The van der Waals surface area contributed by atoms with Crippen LogP contribution >= 0.6 is 61.9 Å². The Morgan fingerprint density at radius 1 is 1.23 bits per heavy atom. The van der Waals surface area contributed by atoms with Crippen molar-refractivity contribution in [2.45, 2.75) is 13.0 Å². The minimum Gasteiger partial charge on any atom is -0.486 e. The first-order valence-electron chi connectivity index (χ1n) is 8.99. The number of amides is 2. The Hall–Kier alpha value is -1.07. The molecule has 30 heavy (non-hydrogen) atoms. The van der Waals surface area contributed by atoms with Gasteiger partial charge < -0.3 is 9.47 Å². The summed E-state index contributed by atoms with van der Waals surface area (Å²) >= 11 is 13.1. The molecule has 5 nitrogen and oxygen atoms in total. The highest BCUT2D eigenvalue weighted by Gasteiger charge is 2.34. The molecule has 1 aliphatic rings. The quantitative estimate of drug-likeness (QED) is 0.195. The summed E-state index contributed by atoms with van der Waals surface area (Å²) in [4.78, 5) is 26.3. The van der Waals surface area contributed by atoms with Crippen LogP contribution in [0, 0.1) is 3.57 Å². The van der Waals surface area contributed by atoms with Crippen molar-refractivity contribution in [3.8, 4) is 5.75 Å². The molecule has 0 aliphatic carbocycles. The van der Waals surface area contributed by atoms with E-state index in [9.17, 15) is 9.59 Å². The summed E-state index contributed by atoms with van der Waals surface area (Å²) in [6.45, 7) is 1.22. The van der Waals surface area contributed by atoms with Crippen LogP contribution in [0.5, 0.6) is 5.75 Å². The number of benzene rings is 2. The average molecular weight is 623 g/mol. The lowest BCUT2D eigenvalue weighted by Gasteiger charge is -2.12. The number of carbonyl (C=O) groups excluding carboxylic acids is 2. The molecule has 158 valence electrons. The standard InChI is InChI=1S/C21H18BrClINO4S/c1-28-8-2-7-25-20(26)18(30-21(25)27)11-14-9-16(22)19(17(23)10-14)29-12-13-3-5-15(24)6-4-13/h3-6,9-11H,2,7-8,12H2,1H3/b18-11+. The van der Waals surface area contributed by atoms with Crippen LogP contribution in [0.3, 0.4) is 0 Å². The number of hydrogen-bond acceptors (Lipinski definition) is 5. The summed E-state index contributed by atoms with van der Waals surface area (Å²) in [5.41, 5.74) is 1.74. The number of nitrogens with zero attached hydrogens (tertiary/aromatic N) is 1. The Morgan fingerprint density at radius 3 is 2.63 bits per heavy atom. The van der Waals surface area contributed by atoms with Crippen LogP contribution < -0.4 is 4.74 Å². The summed E-state index contributed by atoms with van der Waals surface area (Å²) in [6.07, 6.45) is 2.27. The molecule has 0 unspecified atom stereocenters. The van der Waals surface area contributed by atoms with Gasteiger partial charge in [-0.1, -0.05) is 23.7 Å². The van der Waals surface area contributed by atoms with Crippen LogP contribution in [0.15, 0.2) is 45.8 Å². The Labute approximate surface area is 206 Å². The zero-order chi connectivity index (χ0) is 21.7. The maximum Gasteiger partial charge on any atom is 0.293 e. The van der Waals surface area contributed by atoms with E-state index in [1.807, 2.05) is 30.3 Å². The van der Waals surface area contributed by atoms with E-state index in [1.165, 1.54) is 4.90 Å². The first-order valence-corrected chi connectivity index (χ1v) is 12.1. The van der Waals surface area contributed by atoms with E-state index in [-0.39, 0.29) is 11.1 Å².